The summed E-state index contributed by atoms with van der Waals surface area (Å²) in [5.74, 6) is 1.24. The minimum absolute atomic E-state index is 0.337. The number of hydrogen-bond acceptors (Lipinski definition) is 4. The number of halogens is 1. The van der Waals surface area contributed by atoms with Gasteiger partial charge >= 0.3 is 0 Å². The molecule has 1 aliphatic carbocycles. The van der Waals surface area contributed by atoms with Crippen molar-refractivity contribution in [2.24, 2.45) is 0 Å². The number of nitrogen functional groups attached to an aromatic ring is 1. The number of anilines is 2. The standard InChI is InChI=1S/C12H19BrN4/c1-17(9-6-4-2-3-5-7-9)11-10(13)8-15-12(14)16-11/h8-9H,2-7H2,1H3,(H2,14,15,16). The summed E-state index contributed by atoms with van der Waals surface area (Å²) in [5, 5.41) is 0. The van der Waals surface area contributed by atoms with Crippen LogP contribution in [-0.2, 0) is 0 Å². The summed E-state index contributed by atoms with van der Waals surface area (Å²) in [5.41, 5.74) is 5.66. The van der Waals surface area contributed by atoms with E-state index < -0.39 is 0 Å². The molecule has 1 saturated carbocycles. The van der Waals surface area contributed by atoms with Gasteiger partial charge in [0, 0.05) is 19.3 Å². The zero-order valence-electron chi connectivity index (χ0n) is 10.2. The van der Waals surface area contributed by atoms with Crippen LogP contribution in [0, 0.1) is 0 Å². The van der Waals surface area contributed by atoms with E-state index in [0.717, 1.165) is 10.3 Å². The molecule has 1 aromatic rings. The highest BCUT2D eigenvalue weighted by Gasteiger charge is 2.20. The second-order valence-electron chi connectivity index (χ2n) is 4.66. The molecule has 5 heteroatoms. The Hall–Kier alpha value is -0.840. The maximum Gasteiger partial charge on any atom is 0.222 e. The molecule has 0 saturated heterocycles. The molecule has 1 aromatic heterocycles. The Bertz CT molecular complexity index is 375. The highest BCUT2D eigenvalue weighted by atomic mass is 79.9. The van der Waals surface area contributed by atoms with Gasteiger partial charge in [-0.25, -0.2) is 4.98 Å². The van der Waals surface area contributed by atoms with Gasteiger partial charge in [0.1, 0.15) is 5.82 Å². The zero-order valence-corrected chi connectivity index (χ0v) is 11.8. The Morgan fingerprint density at radius 2 is 1.94 bits per heavy atom. The molecule has 94 valence electrons. The summed E-state index contributed by atoms with van der Waals surface area (Å²) in [4.78, 5) is 10.5. The van der Waals surface area contributed by atoms with Crippen LogP contribution in [0.5, 0.6) is 0 Å². The van der Waals surface area contributed by atoms with Crippen LogP contribution in [0.4, 0.5) is 11.8 Å². The molecule has 1 heterocycles. The molecule has 0 radical (unpaired) electrons. The van der Waals surface area contributed by atoms with Crippen LogP contribution in [0.15, 0.2) is 10.7 Å². The normalized spacial score (nSPS) is 17.8. The first kappa shape index (κ1) is 12.6. The topological polar surface area (TPSA) is 55.0 Å². The number of nitrogens with zero attached hydrogens (tertiary/aromatic N) is 3. The highest BCUT2D eigenvalue weighted by molar-refractivity contribution is 9.10. The molecule has 2 rings (SSSR count). The third-order valence-electron chi connectivity index (χ3n) is 3.45. The quantitative estimate of drug-likeness (QED) is 0.853. The van der Waals surface area contributed by atoms with Crippen LogP contribution in [-0.4, -0.2) is 23.1 Å². The molecule has 0 amide bonds. The zero-order chi connectivity index (χ0) is 12.3. The van der Waals surface area contributed by atoms with Gasteiger partial charge in [0.25, 0.3) is 0 Å². The lowest BCUT2D eigenvalue weighted by molar-refractivity contribution is 0.548. The summed E-state index contributed by atoms with van der Waals surface area (Å²) in [6.45, 7) is 0. The van der Waals surface area contributed by atoms with Gasteiger partial charge in [0.05, 0.1) is 4.47 Å². The van der Waals surface area contributed by atoms with E-state index in [1.165, 1.54) is 38.5 Å². The first-order valence-corrected chi connectivity index (χ1v) is 6.98. The van der Waals surface area contributed by atoms with E-state index in [4.69, 9.17) is 5.73 Å². The third kappa shape index (κ3) is 3.09. The number of hydrogen-bond donors (Lipinski definition) is 1. The van der Waals surface area contributed by atoms with Gasteiger partial charge in [-0.3, -0.25) is 0 Å². The third-order valence-corrected chi connectivity index (χ3v) is 4.01. The van der Waals surface area contributed by atoms with Crippen molar-refractivity contribution in [1.29, 1.82) is 0 Å². The van der Waals surface area contributed by atoms with Gasteiger partial charge in [-0.2, -0.15) is 4.98 Å². The van der Waals surface area contributed by atoms with Gasteiger partial charge in [0.15, 0.2) is 0 Å². The van der Waals surface area contributed by atoms with E-state index in [1.807, 2.05) is 0 Å². The second kappa shape index (κ2) is 5.67. The van der Waals surface area contributed by atoms with Crippen molar-refractivity contribution < 1.29 is 0 Å². The van der Waals surface area contributed by atoms with Crippen molar-refractivity contribution >= 4 is 27.7 Å². The van der Waals surface area contributed by atoms with Crippen molar-refractivity contribution in [1.82, 2.24) is 9.97 Å². The average Bonchev–Trinajstić information content (AvgIpc) is 2.60. The fourth-order valence-electron chi connectivity index (χ4n) is 2.44. The summed E-state index contributed by atoms with van der Waals surface area (Å²) in [6.07, 6.45) is 9.56. The van der Waals surface area contributed by atoms with E-state index in [9.17, 15) is 0 Å². The molecule has 1 fully saturated rings. The minimum atomic E-state index is 0.337. The van der Waals surface area contributed by atoms with Gasteiger partial charge in [0.2, 0.25) is 5.95 Å². The first-order chi connectivity index (χ1) is 8.18. The fraction of sp³-hybridized carbons (Fsp3) is 0.667. The van der Waals surface area contributed by atoms with Crippen molar-refractivity contribution in [3.05, 3.63) is 10.7 Å². The predicted molar refractivity (Wildman–Crippen MR) is 74.0 cm³/mol. The second-order valence-corrected chi connectivity index (χ2v) is 5.51. The molecule has 0 atom stereocenters. The lowest BCUT2D eigenvalue weighted by Crippen LogP contribution is -2.32. The number of rotatable bonds is 2. The lowest BCUT2D eigenvalue weighted by Gasteiger charge is -2.28. The minimum Gasteiger partial charge on any atom is -0.368 e. The van der Waals surface area contributed by atoms with Crippen molar-refractivity contribution in [3.8, 4) is 0 Å². The SMILES string of the molecule is CN(c1nc(N)ncc1Br)C1CCCCCC1. The molecule has 0 spiro atoms. The molecule has 2 N–H and O–H groups in total. The summed E-state index contributed by atoms with van der Waals surface area (Å²) >= 11 is 3.49. The molecule has 0 aliphatic heterocycles. The summed E-state index contributed by atoms with van der Waals surface area (Å²) < 4.78 is 0.915. The van der Waals surface area contributed by atoms with Crippen LogP contribution in [0.1, 0.15) is 38.5 Å². The van der Waals surface area contributed by atoms with Crippen molar-refractivity contribution in [2.45, 2.75) is 44.6 Å². The van der Waals surface area contributed by atoms with Crippen LogP contribution in [0.25, 0.3) is 0 Å². The molecule has 4 nitrogen and oxygen atoms in total. The van der Waals surface area contributed by atoms with Crippen LogP contribution in [0.3, 0.4) is 0 Å². The van der Waals surface area contributed by atoms with E-state index in [0.29, 0.717) is 12.0 Å². The molecule has 17 heavy (non-hydrogen) atoms. The number of aromatic nitrogens is 2. The van der Waals surface area contributed by atoms with Gasteiger partial charge in [-0.05, 0) is 28.8 Å². The number of nitrogens with two attached hydrogens (primary N) is 1. The first-order valence-electron chi connectivity index (χ1n) is 6.19. The van der Waals surface area contributed by atoms with Gasteiger partial charge in [-0.1, -0.05) is 25.7 Å². The van der Waals surface area contributed by atoms with E-state index in [1.54, 1.807) is 6.20 Å². The monoisotopic (exact) mass is 298 g/mol. The molecule has 0 aromatic carbocycles. The average molecular weight is 299 g/mol. The molecule has 1 aliphatic rings. The highest BCUT2D eigenvalue weighted by Crippen LogP contribution is 2.29. The van der Waals surface area contributed by atoms with Crippen LogP contribution >= 0.6 is 15.9 Å². The Balaban J connectivity index is 2.16. The molecular formula is C12H19BrN4. The maximum atomic E-state index is 5.66. The Kier molecular flexibility index (Phi) is 4.20. The van der Waals surface area contributed by atoms with Gasteiger partial charge < -0.3 is 10.6 Å². The fourth-order valence-corrected chi connectivity index (χ4v) is 2.91. The van der Waals surface area contributed by atoms with Crippen LogP contribution < -0.4 is 10.6 Å². The molecule has 0 unspecified atom stereocenters. The molecular weight excluding hydrogens is 280 g/mol. The van der Waals surface area contributed by atoms with E-state index in [2.05, 4.69) is 37.8 Å². The Morgan fingerprint density at radius 3 is 2.59 bits per heavy atom. The lowest BCUT2D eigenvalue weighted by atomic mass is 10.1. The van der Waals surface area contributed by atoms with Crippen LogP contribution in [0.2, 0.25) is 0 Å². The van der Waals surface area contributed by atoms with Crippen molar-refractivity contribution in [3.63, 3.8) is 0 Å². The maximum absolute atomic E-state index is 5.66. The smallest absolute Gasteiger partial charge is 0.222 e. The predicted octanol–water partition coefficient (Wildman–Crippen LogP) is 2.98. The van der Waals surface area contributed by atoms with Crippen molar-refractivity contribution in [2.75, 3.05) is 17.7 Å². The van der Waals surface area contributed by atoms with E-state index in [-0.39, 0.29) is 0 Å². The Labute approximate surface area is 111 Å². The largest absolute Gasteiger partial charge is 0.368 e. The Morgan fingerprint density at radius 1 is 1.29 bits per heavy atom. The van der Waals surface area contributed by atoms with Gasteiger partial charge in [-0.15, -0.1) is 0 Å². The summed E-state index contributed by atoms with van der Waals surface area (Å²) in [7, 11) is 2.10. The van der Waals surface area contributed by atoms with E-state index >= 15 is 0 Å². The summed E-state index contributed by atoms with van der Waals surface area (Å²) in [6, 6.07) is 0.572. The molecule has 0 bridgehead atoms.